The molecule has 0 fully saturated rings. The Balaban J connectivity index is 3.08. The first-order valence-corrected chi connectivity index (χ1v) is 5.68. The third kappa shape index (κ3) is 3.03. The molecule has 0 aromatic heterocycles. The van der Waals surface area contributed by atoms with Crippen LogP contribution in [0.15, 0.2) is 23.1 Å². The van der Waals surface area contributed by atoms with Gasteiger partial charge in [0, 0.05) is 6.07 Å². The quantitative estimate of drug-likeness (QED) is 0.685. The lowest BCUT2D eigenvalue weighted by molar-refractivity contribution is -0.171. The number of phenols is 2. The van der Waals surface area contributed by atoms with Gasteiger partial charge in [0.05, 0.1) is 4.90 Å². The van der Waals surface area contributed by atoms with Gasteiger partial charge in [0.25, 0.3) is 10.0 Å². The van der Waals surface area contributed by atoms with Gasteiger partial charge in [-0.25, -0.2) is 13.1 Å². The zero-order valence-electron chi connectivity index (χ0n) is 8.39. The highest BCUT2D eigenvalue weighted by Gasteiger charge is 2.41. The molecule has 0 bridgehead atoms. The number of benzene rings is 1. The summed E-state index contributed by atoms with van der Waals surface area (Å²) in [4.78, 5) is 9.68. The van der Waals surface area contributed by atoms with Crippen LogP contribution >= 0.6 is 0 Å². The lowest BCUT2D eigenvalue weighted by Crippen LogP contribution is -2.40. The van der Waals surface area contributed by atoms with Gasteiger partial charge in [-0.3, -0.25) is 4.79 Å². The molecule has 1 amide bonds. The van der Waals surface area contributed by atoms with Gasteiger partial charge in [0.2, 0.25) is 0 Å². The van der Waals surface area contributed by atoms with E-state index in [9.17, 15) is 26.4 Å². The van der Waals surface area contributed by atoms with Crippen molar-refractivity contribution in [2.75, 3.05) is 0 Å². The first-order valence-electron chi connectivity index (χ1n) is 4.20. The Morgan fingerprint density at radius 3 is 2.17 bits per heavy atom. The van der Waals surface area contributed by atoms with Gasteiger partial charge in [0.15, 0.2) is 11.5 Å². The molecule has 0 radical (unpaired) electrons. The molecule has 100 valence electrons. The molecule has 6 nitrogen and oxygen atoms in total. The largest absolute Gasteiger partial charge is 0.504 e. The van der Waals surface area contributed by atoms with Crippen molar-refractivity contribution in [1.29, 1.82) is 0 Å². The number of hydrogen-bond donors (Lipinski definition) is 3. The SMILES string of the molecule is O=C(NS(=O)(=O)c1ccc(O)c(O)c1)C(F)(F)F. The predicted octanol–water partition coefficient (Wildman–Crippen LogP) is 0.465. The molecule has 0 heterocycles. The topological polar surface area (TPSA) is 104 Å². The average molecular weight is 285 g/mol. The number of amides is 1. The van der Waals surface area contributed by atoms with Crippen molar-refractivity contribution >= 4 is 15.9 Å². The minimum atomic E-state index is -5.36. The molecule has 0 saturated heterocycles. The summed E-state index contributed by atoms with van der Waals surface area (Å²) in [6, 6.07) is 1.98. The molecule has 0 aliphatic rings. The maximum atomic E-state index is 11.9. The van der Waals surface area contributed by atoms with Crippen molar-refractivity contribution < 1.29 is 36.6 Å². The second kappa shape index (κ2) is 4.37. The Labute approximate surface area is 98.7 Å². The number of phenolic OH excluding ortho intramolecular Hbond substituents is 2. The fraction of sp³-hybridized carbons (Fsp3) is 0.125. The van der Waals surface area contributed by atoms with Gasteiger partial charge in [-0.2, -0.15) is 13.2 Å². The Bertz CT molecular complexity index is 581. The molecule has 0 aliphatic carbocycles. The smallest absolute Gasteiger partial charge is 0.472 e. The summed E-state index contributed by atoms with van der Waals surface area (Å²) < 4.78 is 59.0. The highest BCUT2D eigenvalue weighted by Crippen LogP contribution is 2.27. The Morgan fingerprint density at radius 2 is 1.72 bits per heavy atom. The Hall–Kier alpha value is -1.97. The standard InChI is InChI=1S/C8H6F3NO5S/c9-8(10,11)7(15)12-18(16,17)4-1-2-5(13)6(14)3-4/h1-3,13-14H,(H,12,15). The number of sulfonamides is 1. The summed E-state index contributed by atoms with van der Waals surface area (Å²) in [5, 5.41) is 17.9. The summed E-state index contributed by atoms with van der Waals surface area (Å²) in [5.41, 5.74) is 0. The van der Waals surface area contributed by atoms with E-state index in [1.165, 1.54) is 0 Å². The van der Waals surface area contributed by atoms with E-state index >= 15 is 0 Å². The van der Waals surface area contributed by atoms with E-state index in [1.807, 2.05) is 0 Å². The van der Waals surface area contributed by atoms with Gasteiger partial charge < -0.3 is 10.2 Å². The van der Waals surface area contributed by atoms with Crippen molar-refractivity contribution in [1.82, 2.24) is 4.72 Å². The van der Waals surface area contributed by atoms with Gasteiger partial charge in [-0.1, -0.05) is 0 Å². The van der Waals surface area contributed by atoms with Crippen molar-refractivity contribution in [3.8, 4) is 11.5 Å². The van der Waals surface area contributed by atoms with Crippen molar-refractivity contribution in [2.45, 2.75) is 11.1 Å². The fourth-order valence-electron chi connectivity index (χ4n) is 0.909. The summed E-state index contributed by atoms with van der Waals surface area (Å²) in [5.74, 6) is -4.16. The van der Waals surface area contributed by atoms with Crippen LogP contribution in [0.4, 0.5) is 13.2 Å². The molecule has 1 rings (SSSR count). The van der Waals surface area contributed by atoms with Crippen LogP contribution in [0.25, 0.3) is 0 Å². The summed E-state index contributed by atoms with van der Waals surface area (Å²) in [6.45, 7) is 0. The molecule has 10 heteroatoms. The monoisotopic (exact) mass is 285 g/mol. The van der Waals surface area contributed by atoms with Crippen molar-refractivity contribution in [3.63, 3.8) is 0 Å². The highest BCUT2D eigenvalue weighted by molar-refractivity contribution is 7.90. The minimum Gasteiger partial charge on any atom is -0.504 e. The zero-order chi connectivity index (χ0) is 14.1. The summed E-state index contributed by atoms with van der Waals surface area (Å²) in [7, 11) is -4.77. The molecule has 0 aliphatic heterocycles. The lowest BCUT2D eigenvalue weighted by atomic mass is 10.3. The van der Waals surface area contributed by atoms with E-state index < -0.39 is 38.5 Å². The second-order valence-electron chi connectivity index (χ2n) is 3.08. The number of halogens is 3. The molecule has 0 spiro atoms. The Morgan fingerprint density at radius 1 is 1.17 bits per heavy atom. The number of nitrogens with one attached hydrogen (secondary N) is 1. The average Bonchev–Trinajstić information content (AvgIpc) is 2.19. The number of hydrogen-bond acceptors (Lipinski definition) is 5. The van der Waals surface area contributed by atoms with E-state index in [2.05, 4.69) is 0 Å². The van der Waals surface area contributed by atoms with E-state index in [0.717, 1.165) is 16.9 Å². The van der Waals surface area contributed by atoms with E-state index in [4.69, 9.17) is 10.2 Å². The van der Waals surface area contributed by atoms with Crippen LogP contribution in [-0.4, -0.2) is 30.7 Å². The lowest BCUT2D eigenvalue weighted by Gasteiger charge is -2.09. The third-order valence-electron chi connectivity index (χ3n) is 1.74. The van der Waals surface area contributed by atoms with Gasteiger partial charge in [-0.15, -0.1) is 0 Å². The summed E-state index contributed by atoms with van der Waals surface area (Å²) >= 11 is 0. The maximum absolute atomic E-state index is 11.9. The maximum Gasteiger partial charge on any atom is 0.472 e. The number of aromatic hydroxyl groups is 2. The first-order chi connectivity index (χ1) is 8.04. The van der Waals surface area contributed by atoms with Crippen LogP contribution in [0.3, 0.4) is 0 Å². The minimum absolute atomic E-state index is 0.501. The van der Waals surface area contributed by atoms with Crippen LogP contribution in [-0.2, 0) is 14.8 Å². The highest BCUT2D eigenvalue weighted by atomic mass is 32.2. The molecule has 1 aromatic rings. The normalized spacial score (nSPS) is 12.2. The van der Waals surface area contributed by atoms with E-state index in [1.54, 1.807) is 0 Å². The number of alkyl halides is 3. The van der Waals surface area contributed by atoms with E-state index in [-0.39, 0.29) is 0 Å². The van der Waals surface area contributed by atoms with Crippen molar-refractivity contribution in [2.24, 2.45) is 0 Å². The van der Waals surface area contributed by atoms with Gasteiger partial charge >= 0.3 is 12.1 Å². The number of carbonyl (C=O) groups excluding carboxylic acids is 1. The first kappa shape index (κ1) is 14.1. The molecule has 18 heavy (non-hydrogen) atoms. The van der Waals surface area contributed by atoms with Crippen LogP contribution < -0.4 is 4.72 Å². The van der Waals surface area contributed by atoms with Crippen LogP contribution in [0, 0.1) is 0 Å². The Kier molecular flexibility index (Phi) is 3.42. The molecule has 0 unspecified atom stereocenters. The molecule has 1 aromatic carbocycles. The molecule has 3 N–H and O–H groups in total. The van der Waals surface area contributed by atoms with Crippen molar-refractivity contribution in [3.05, 3.63) is 18.2 Å². The van der Waals surface area contributed by atoms with Gasteiger partial charge in [0.1, 0.15) is 0 Å². The number of rotatable bonds is 2. The molecular formula is C8H6F3NO5S. The van der Waals surface area contributed by atoms with Crippen LogP contribution in [0.5, 0.6) is 11.5 Å². The predicted molar refractivity (Wildman–Crippen MR) is 51.2 cm³/mol. The summed E-state index contributed by atoms with van der Waals surface area (Å²) in [6.07, 6.45) is -5.36. The third-order valence-corrected chi connectivity index (χ3v) is 3.07. The van der Waals surface area contributed by atoms with Crippen LogP contribution in [0.2, 0.25) is 0 Å². The van der Waals surface area contributed by atoms with E-state index in [0.29, 0.717) is 6.07 Å². The molecule has 0 saturated carbocycles. The zero-order valence-corrected chi connectivity index (χ0v) is 9.21. The number of carbonyl (C=O) groups is 1. The molecular weight excluding hydrogens is 279 g/mol. The fourth-order valence-corrected chi connectivity index (χ4v) is 1.90. The second-order valence-corrected chi connectivity index (χ2v) is 4.77. The van der Waals surface area contributed by atoms with Gasteiger partial charge in [-0.05, 0) is 12.1 Å². The van der Waals surface area contributed by atoms with Crippen LogP contribution in [0.1, 0.15) is 0 Å². The molecule has 0 atom stereocenters.